The minimum atomic E-state index is 0.0524. The van der Waals surface area contributed by atoms with E-state index in [4.69, 9.17) is 4.74 Å². The van der Waals surface area contributed by atoms with Gasteiger partial charge in [0.15, 0.2) is 0 Å². The van der Waals surface area contributed by atoms with Crippen LogP contribution in [0.3, 0.4) is 0 Å². The maximum absolute atomic E-state index is 11.0. The van der Waals surface area contributed by atoms with Crippen LogP contribution >= 0.6 is 0 Å². The van der Waals surface area contributed by atoms with Crippen molar-refractivity contribution in [2.45, 2.75) is 31.8 Å². The summed E-state index contributed by atoms with van der Waals surface area (Å²) in [5.74, 6) is 2.39. The Labute approximate surface area is 65.9 Å². The number of carbonyl (C=O) groups is 1. The van der Waals surface area contributed by atoms with E-state index in [0.29, 0.717) is 18.4 Å². The molecule has 0 aromatic carbocycles. The molecule has 11 heavy (non-hydrogen) atoms. The van der Waals surface area contributed by atoms with Crippen molar-refractivity contribution in [3.05, 3.63) is 0 Å². The van der Waals surface area contributed by atoms with Crippen LogP contribution in [0.15, 0.2) is 0 Å². The largest absolute Gasteiger partial charge is 0.462 e. The summed E-state index contributed by atoms with van der Waals surface area (Å²) in [6, 6.07) is 0. The predicted octanol–water partition coefficient (Wildman–Crippen LogP) is 1.35. The Hall–Kier alpha value is -0.530. The van der Waals surface area contributed by atoms with E-state index in [1.165, 1.54) is 12.8 Å². The molecule has 60 valence electrons. The molecule has 0 N–H and O–H groups in total. The average molecular weight is 152 g/mol. The zero-order valence-electron chi connectivity index (χ0n) is 6.45. The van der Waals surface area contributed by atoms with Crippen LogP contribution in [0.2, 0.25) is 0 Å². The van der Waals surface area contributed by atoms with Gasteiger partial charge in [0.05, 0.1) is 0 Å². The van der Waals surface area contributed by atoms with Crippen molar-refractivity contribution >= 4 is 5.97 Å². The molecule has 3 rings (SSSR count). The first-order valence-electron chi connectivity index (χ1n) is 4.52. The Balaban J connectivity index is 1.92. The molecular weight excluding hydrogens is 140 g/mol. The van der Waals surface area contributed by atoms with Gasteiger partial charge in [-0.05, 0) is 37.0 Å². The molecule has 2 nitrogen and oxygen atoms in total. The molecule has 0 aromatic heterocycles. The van der Waals surface area contributed by atoms with Gasteiger partial charge in [0.1, 0.15) is 6.10 Å². The Morgan fingerprint density at radius 3 is 2.91 bits per heavy atom. The lowest BCUT2D eigenvalue weighted by Crippen LogP contribution is -2.36. The molecule has 0 unspecified atom stereocenters. The number of hydrogen-bond acceptors (Lipinski definition) is 2. The molecular formula is C9H12O2. The number of esters is 1. The van der Waals surface area contributed by atoms with E-state index in [-0.39, 0.29) is 5.97 Å². The van der Waals surface area contributed by atoms with Gasteiger partial charge in [-0.1, -0.05) is 0 Å². The van der Waals surface area contributed by atoms with E-state index in [0.717, 1.165) is 18.3 Å². The van der Waals surface area contributed by atoms with Crippen LogP contribution < -0.4 is 0 Å². The van der Waals surface area contributed by atoms with Crippen LogP contribution in [0.1, 0.15) is 25.7 Å². The highest BCUT2D eigenvalue weighted by atomic mass is 16.5. The van der Waals surface area contributed by atoms with Crippen LogP contribution in [0.4, 0.5) is 0 Å². The fourth-order valence-corrected chi connectivity index (χ4v) is 3.23. The summed E-state index contributed by atoms with van der Waals surface area (Å²) in [5, 5.41) is 0. The molecule has 4 atom stereocenters. The van der Waals surface area contributed by atoms with Gasteiger partial charge in [0, 0.05) is 6.42 Å². The number of rotatable bonds is 0. The molecule has 2 saturated carbocycles. The van der Waals surface area contributed by atoms with E-state index in [1.807, 2.05) is 0 Å². The second-order valence-corrected chi connectivity index (χ2v) is 4.23. The SMILES string of the molecule is O=C1C[C@H]2C[C@@H]3C[C@@H]2[C@@H](C3)O1. The maximum atomic E-state index is 11.0. The lowest BCUT2D eigenvalue weighted by molar-refractivity contribution is -0.162. The van der Waals surface area contributed by atoms with Crippen molar-refractivity contribution in [1.82, 2.24) is 0 Å². The molecule has 2 aliphatic carbocycles. The van der Waals surface area contributed by atoms with Crippen LogP contribution in [-0.4, -0.2) is 12.1 Å². The minimum absolute atomic E-state index is 0.0524. The highest BCUT2D eigenvalue weighted by Crippen LogP contribution is 2.53. The zero-order valence-corrected chi connectivity index (χ0v) is 6.45. The molecule has 2 heteroatoms. The standard InChI is InChI=1S/C9H12O2/c10-9-4-6-1-5-2-7(6)8(3-5)11-9/h5-8H,1-4H2/t5-,6-,7+,8-/m1/s1. The Kier molecular flexibility index (Phi) is 0.984. The summed E-state index contributed by atoms with van der Waals surface area (Å²) in [5.41, 5.74) is 0. The van der Waals surface area contributed by atoms with Gasteiger partial charge in [-0.3, -0.25) is 4.79 Å². The van der Waals surface area contributed by atoms with Crippen molar-refractivity contribution < 1.29 is 9.53 Å². The third-order valence-corrected chi connectivity index (χ3v) is 3.60. The minimum Gasteiger partial charge on any atom is -0.462 e. The van der Waals surface area contributed by atoms with Crippen molar-refractivity contribution in [3.63, 3.8) is 0 Å². The van der Waals surface area contributed by atoms with Gasteiger partial charge in [0.25, 0.3) is 0 Å². The molecule has 3 fully saturated rings. The first kappa shape index (κ1) is 6.04. The summed E-state index contributed by atoms with van der Waals surface area (Å²) in [4.78, 5) is 11.0. The van der Waals surface area contributed by atoms with Gasteiger partial charge >= 0.3 is 5.97 Å². The third kappa shape index (κ3) is 0.700. The van der Waals surface area contributed by atoms with Gasteiger partial charge < -0.3 is 4.74 Å². The van der Waals surface area contributed by atoms with Crippen LogP contribution in [0.5, 0.6) is 0 Å². The molecule has 2 bridgehead atoms. The molecule has 0 amide bonds. The molecule has 1 saturated heterocycles. The normalized spacial score (nSPS) is 52.9. The van der Waals surface area contributed by atoms with E-state index in [1.54, 1.807) is 0 Å². The van der Waals surface area contributed by atoms with Crippen molar-refractivity contribution in [1.29, 1.82) is 0 Å². The van der Waals surface area contributed by atoms with E-state index in [2.05, 4.69) is 0 Å². The first-order valence-corrected chi connectivity index (χ1v) is 4.52. The second-order valence-electron chi connectivity index (χ2n) is 4.23. The monoisotopic (exact) mass is 152 g/mol. The lowest BCUT2D eigenvalue weighted by atomic mass is 9.82. The van der Waals surface area contributed by atoms with E-state index in [9.17, 15) is 4.79 Å². The fourth-order valence-electron chi connectivity index (χ4n) is 3.23. The van der Waals surface area contributed by atoms with Gasteiger partial charge in [-0.25, -0.2) is 0 Å². The highest BCUT2D eigenvalue weighted by Gasteiger charge is 2.51. The molecule has 0 radical (unpaired) electrons. The van der Waals surface area contributed by atoms with Gasteiger partial charge in [-0.15, -0.1) is 0 Å². The number of hydrogen-bond donors (Lipinski definition) is 0. The summed E-state index contributed by atoms with van der Waals surface area (Å²) in [7, 11) is 0. The second kappa shape index (κ2) is 1.79. The van der Waals surface area contributed by atoms with Crippen LogP contribution in [0.25, 0.3) is 0 Å². The smallest absolute Gasteiger partial charge is 0.306 e. The Morgan fingerprint density at radius 1 is 1.27 bits per heavy atom. The quantitative estimate of drug-likeness (QED) is 0.490. The Morgan fingerprint density at radius 2 is 2.18 bits per heavy atom. The number of carbonyl (C=O) groups excluding carboxylic acids is 1. The van der Waals surface area contributed by atoms with E-state index < -0.39 is 0 Å². The number of fused-ring (bicyclic) bond motifs is 1. The summed E-state index contributed by atoms with van der Waals surface area (Å²) >= 11 is 0. The fraction of sp³-hybridized carbons (Fsp3) is 0.889. The molecule has 0 spiro atoms. The van der Waals surface area contributed by atoms with Crippen molar-refractivity contribution in [2.75, 3.05) is 0 Å². The highest BCUT2D eigenvalue weighted by molar-refractivity contribution is 5.71. The van der Waals surface area contributed by atoms with Crippen molar-refractivity contribution in [2.24, 2.45) is 17.8 Å². The Bertz CT molecular complexity index is 194. The lowest BCUT2D eigenvalue weighted by Gasteiger charge is -2.33. The zero-order chi connectivity index (χ0) is 7.42. The van der Waals surface area contributed by atoms with Crippen molar-refractivity contribution in [3.8, 4) is 0 Å². The topological polar surface area (TPSA) is 26.3 Å². The average Bonchev–Trinajstić information content (AvgIpc) is 2.41. The van der Waals surface area contributed by atoms with Gasteiger partial charge in [0.2, 0.25) is 0 Å². The molecule has 3 aliphatic rings. The van der Waals surface area contributed by atoms with Crippen LogP contribution in [-0.2, 0) is 9.53 Å². The van der Waals surface area contributed by atoms with Gasteiger partial charge in [-0.2, -0.15) is 0 Å². The maximum Gasteiger partial charge on any atom is 0.306 e. The molecule has 1 heterocycles. The predicted molar refractivity (Wildman–Crippen MR) is 38.8 cm³/mol. The third-order valence-electron chi connectivity index (χ3n) is 3.60. The first-order chi connectivity index (χ1) is 5.33. The summed E-state index contributed by atoms with van der Waals surface area (Å²) < 4.78 is 5.27. The molecule has 1 aliphatic heterocycles. The van der Waals surface area contributed by atoms with Crippen LogP contribution in [0, 0.1) is 17.8 Å². The molecule has 0 aromatic rings. The number of ether oxygens (including phenoxy) is 1. The summed E-state index contributed by atoms with van der Waals surface area (Å²) in [6.45, 7) is 0. The summed E-state index contributed by atoms with van der Waals surface area (Å²) in [6.07, 6.45) is 4.82. The van der Waals surface area contributed by atoms with E-state index >= 15 is 0 Å².